The summed E-state index contributed by atoms with van der Waals surface area (Å²) >= 11 is 2.39. The predicted molar refractivity (Wildman–Crippen MR) is 119 cm³/mol. The topological polar surface area (TPSA) is 0 Å². The molecule has 2 aliphatic carbocycles. The van der Waals surface area contributed by atoms with E-state index in [4.69, 9.17) is 0 Å². The first-order valence-electron chi connectivity index (χ1n) is 9.34. The number of hydrogen-bond donors (Lipinski definition) is 0. The van der Waals surface area contributed by atoms with Crippen LogP contribution in [0.15, 0.2) is 103 Å². The number of rotatable bonds is 4. The van der Waals surface area contributed by atoms with Crippen LogP contribution in [0.4, 0.5) is 0 Å². The minimum Gasteiger partial charge on any atom is -0.0839 e. The molecule has 2 aromatic rings. The fraction of sp³-hybridized carbons (Fsp3) is 0.200. The Kier molecular flexibility index (Phi) is 5.26. The lowest BCUT2D eigenvalue weighted by Gasteiger charge is -2.43. The molecule has 4 rings (SSSR count). The highest BCUT2D eigenvalue weighted by Gasteiger charge is 2.43. The van der Waals surface area contributed by atoms with Crippen LogP contribution in [-0.4, -0.2) is 0 Å². The van der Waals surface area contributed by atoms with Gasteiger partial charge in [0, 0.05) is 3.57 Å². The van der Waals surface area contributed by atoms with Gasteiger partial charge in [0.2, 0.25) is 0 Å². The van der Waals surface area contributed by atoms with Crippen LogP contribution >= 0.6 is 22.6 Å². The maximum absolute atomic E-state index is 2.46. The molecule has 0 amide bonds. The fourth-order valence-electron chi connectivity index (χ4n) is 4.36. The van der Waals surface area contributed by atoms with Gasteiger partial charge in [0.25, 0.3) is 0 Å². The first-order chi connectivity index (χ1) is 12.8. The van der Waals surface area contributed by atoms with Gasteiger partial charge in [0.05, 0.1) is 5.41 Å². The molecule has 0 saturated heterocycles. The molecule has 0 N–H and O–H groups in total. The summed E-state index contributed by atoms with van der Waals surface area (Å²) < 4.78 is 1.28. The highest BCUT2D eigenvalue weighted by molar-refractivity contribution is 14.1. The van der Waals surface area contributed by atoms with Crippen molar-refractivity contribution in [2.24, 2.45) is 5.92 Å². The highest BCUT2D eigenvalue weighted by Crippen LogP contribution is 2.49. The summed E-state index contributed by atoms with van der Waals surface area (Å²) in [6, 6.07) is 20.2. The van der Waals surface area contributed by atoms with Gasteiger partial charge >= 0.3 is 0 Å². The lowest BCUT2D eigenvalue weighted by molar-refractivity contribution is 0.444. The molecule has 26 heavy (non-hydrogen) atoms. The van der Waals surface area contributed by atoms with Crippen molar-refractivity contribution in [2.45, 2.75) is 24.7 Å². The predicted octanol–water partition coefficient (Wildman–Crippen LogP) is 6.99. The Labute approximate surface area is 170 Å². The first-order valence-corrected chi connectivity index (χ1v) is 10.4. The third-order valence-corrected chi connectivity index (χ3v) is 6.24. The molecule has 0 spiro atoms. The van der Waals surface area contributed by atoms with Crippen LogP contribution in [0.3, 0.4) is 0 Å². The van der Waals surface area contributed by atoms with Crippen molar-refractivity contribution >= 4 is 22.6 Å². The van der Waals surface area contributed by atoms with E-state index in [1.54, 1.807) is 0 Å². The van der Waals surface area contributed by atoms with Crippen molar-refractivity contribution in [3.8, 4) is 0 Å². The van der Waals surface area contributed by atoms with E-state index in [0.29, 0.717) is 5.92 Å². The van der Waals surface area contributed by atoms with E-state index in [-0.39, 0.29) is 5.41 Å². The zero-order valence-electron chi connectivity index (χ0n) is 14.8. The van der Waals surface area contributed by atoms with Gasteiger partial charge in [-0.3, -0.25) is 0 Å². The average Bonchev–Trinajstić information content (AvgIpc) is 2.72. The van der Waals surface area contributed by atoms with Crippen LogP contribution in [0.25, 0.3) is 0 Å². The molecule has 2 aliphatic rings. The lowest BCUT2D eigenvalue weighted by Crippen LogP contribution is -2.38. The summed E-state index contributed by atoms with van der Waals surface area (Å²) in [6.07, 6.45) is 19.6. The van der Waals surface area contributed by atoms with Crippen LogP contribution in [0, 0.1) is 9.49 Å². The second-order valence-electron chi connectivity index (χ2n) is 6.98. The van der Waals surface area contributed by atoms with Crippen molar-refractivity contribution in [1.82, 2.24) is 0 Å². The Morgan fingerprint density at radius 3 is 2.23 bits per heavy atom. The summed E-state index contributed by atoms with van der Waals surface area (Å²) in [7, 11) is 0. The summed E-state index contributed by atoms with van der Waals surface area (Å²) in [6.45, 7) is 0. The van der Waals surface area contributed by atoms with Crippen molar-refractivity contribution in [3.05, 3.63) is 117 Å². The zero-order chi connectivity index (χ0) is 17.8. The van der Waals surface area contributed by atoms with Gasteiger partial charge in [-0.25, -0.2) is 0 Å². The third kappa shape index (κ3) is 3.14. The second kappa shape index (κ2) is 7.79. The van der Waals surface area contributed by atoms with Gasteiger partial charge in [-0.15, -0.1) is 0 Å². The van der Waals surface area contributed by atoms with E-state index in [1.807, 2.05) is 0 Å². The molecule has 0 bridgehead atoms. The molecule has 0 radical (unpaired) electrons. The standard InChI is InChI=1S/C25H23I/c26-24-18-16-23(17-19-24)25(20-10-4-1-5-11-20,21-12-6-2-7-13-21)22-14-8-3-9-15-22/h1-2,4-8,10-12,14-19,21H,3,9,13H2. The van der Waals surface area contributed by atoms with E-state index < -0.39 is 0 Å². The van der Waals surface area contributed by atoms with Gasteiger partial charge in [-0.1, -0.05) is 85.0 Å². The minimum absolute atomic E-state index is 0.149. The van der Waals surface area contributed by atoms with E-state index >= 15 is 0 Å². The molecule has 2 aromatic carbocycles. The lowest BCUT2D eigenvalue weighted by atomic mass is 9.59. The van der Waals surface area contributed by atoms with E-state index in [0.717, 1.165) is 19.3 Å². The Morgan fingerprint density at radius 2 is 1.58 bits per heavy atom. The van der Waals surface area contributed by atoms with Crippen LogP contribution in [-0.2, 0) is 5.41 Å². The maximum Gasteiger partial charge on any atom is 0.0513 e. The Bertz CT molecular complexity index is 868. The minimum atomic E-state index is -0.149. The Balaban J connectivity index is 2.00. The third-order valence-electron chi connectivity index (χ3n) is 5.52. The molecule has 0 nitrogen and oxygen atoms in total. The normalized spacial score (nSPS) is 21.3. The molecule has 0 aromatic heterocycles. The first kappa shape index (κ1) is 17.5. The van der Waals surface area contributed by atoms with Crippen LogP contribution in [0.5, 0.6) is 0 Å². The number of hydrogen-bond acceptors (Lipinski definition) is 0. The Morgan fingerprint density at radius 1 is 0.808 bits per heavy atom. The summed E-state index contributed by atoms with van der Waals surface area (Å²) in [5.41, 5.74) is 4.04. The molecule has 0 aliphatic heterocycles. The van der Waals surface area contributed by atoms with Crippen molar-refractivity contribution < 1.29 is 0 Å². The fourth-order valence-corrected chi connectivity index (χ4v) is 4.72. The Hall–Kier alpha value is -1.87. The zero-order valence-corrected chi connectivity index (χ0v) is 17.0. The molecular weight excluding hydrogens is 427 g/mol. The average molecular weight is 450 g/mol. The van der Waals surface area contributed by atoms with Gasteiger partial charge < -0.3 is 0 Å². The summed E-state index contributed by atoms with van der Waals surface area (Å²) in [5.74, 6) is 0.406. The van der Waals surface area contributed by atoms with Crippen molar-refractivity contribution in [2.75, 3.05) is 0 Å². The molecule has 0 saturated carbocycles. The highest BCUT2D eigenvalue weighted by atomic mass is 127. The van der Waals surface area contributed by atoms with Crippen molar-refractivity contribution in [3.63, 3.8) is 0 Å². The van der Waals surface area contributed by atoms with Gasteiger partial charge in [0.1, 0.15) is 0 Å². The van der Waals surface area contributed by atoms with Crippen molar-refractivity contribution in [1.29, 1.82) is 0 Å². The maximum atomic E-state index is 2.46. The number of halogens is 1. The monoisotopic (exact) mass is 450 g/mol. The molecule has 130 valence electrons. The van der Waals surface area contributed by atoms with Crippen LogP contribution < -0.4 is 0 Å². The number of benzene rings is 2. The van der Waals surface area contributed by atoms with Gasteiger partial charge in [-0.2, -0.15) is 0 Å². The SMILES string of the molecule is Ic1ccc(C(C2=CCCC=C2)(c2ccccc2)C2C=CC=CC2)cc1. The molecule has 1 heteroatoms. The largest absolute Gasteiger partial charge is 0.0839 e. The molecular formula is C25H23I. The quantitative estimate of drug-likeness (QED) is 0.441. The molecule has 0 fully saturated rings. The van der Waals surface area contributed by atoms with Crippen LogP contribution in [0.1, 0.15) is 30.4 Å². The van der Waals surface area contributed by atoms with E-state index in [9.17, 15) is 0 Å². The summed E-state index contributed by atoms with van der Waals surface area (Å²) in [4.78, 5) is 0. The van der Waals surface area contributed by atoms with E-state index in [2.05, 4.69) is 120 Å². The van der Waals surface area contributed by atoms with Gasteiger partial charge in [0.15, 0.2) is 0 Å². The second-order valence-corrected chi connectivity index (χ2v) is 8.22. The van der Waals surface area contributed by atoms with Gasteiger partial charge in [-0.05, 0) is 76.6 Å². The van der Waals surface area contributed by atoms with Crippen LogP contribution in [0.2, 0.25) is 0 Å². The molecule has 2 unspecified atom stereocenters. The molecule has 2 atom stereocenters. The van der Waals surface area contributed by atoms with E-state index in [1.165, 1.54) is 20.3 Å². The smallest absolute Gasteiger partial charge is 0.0513 e. The summed E-state index contributed by atoms with van der Waals surface area (Å²) in [5, 5.41) is 0. The number of allylic oxidation sites excluding steroid dienone is 8. The molecule has 0 heterocycles.